The lowest BCUT2D eigenvalue weighted by Gasteiger charge is -2.04. The van der Waals surface area contributed by atoms with Crippen LogP contribution >= 0.6 is 11.8 Å². The van der Waals surface area contributed by atoms with Crippen LogP contribution in [0.1, 0.15) is 13.8 Å². The van der Waals surface area contributed by atoms with Gasteiger partial charge in [0.15, 0.2) is 0 Å². The molecular weight excluding hydrogens is 156 g/mol. The fourth-order valence-corrected chi connectivity index (χ4v) is 1.91. The summed E-state index contributed by atoms with van der Waals surface area (Å²) in [5, 5.41) is 3.26. The highest BCUT2D eigenvalue weighted by Crippen LogP contribution is 2.07. The molecule has 64 valence electrons. The van der Waals surface area contributed by atoms with Crippen molar-refractivity contribution in [1.82, 2.24) is 5.32 Å². The molecule has 2 nitrogen and oxygen atoms in total. The van der Waals surface area contributed by atoms with Gasteiger partial charge < -0.3 is 5.32 Å². The molecule has 0 aliphatic carbocycles. The molecule has 0 aromatic carbocycles. The second kappa shape index (κ2) is 4.65. The minimum Gasteiger partial charge on any atom is -0.371 e. The van der Waals surface area contributed by atoms with E-state index < -0.39 is 0 Å². The zero-order valence-corrected chi connectivity index (χ0v) is 8.08. The summed E-state index contributed by atoms with van der Waals surface area (Å²) in [6, 6.07) is 0. The smallest absolute Gasteiger partial charge is 0.106 e. The van der Waals surface area contributed by atoms with E-state index in [9.17, 15) is 0 Å². The zero-order valence-electron chi connectivity index (χ0n) is 7.26. The predicted molar refractivity (Wildman–Crippen MR) is 52.5 cm³/mol. The van der Waals surface area contributed by atoms with Gasteiger partial charge in [0.25, 0.3) is 0 Å². The van der Waals surface area contributed by atoms with E-state index in [1.165, 1.54) is 11.6 Å². The Morgan fingerprint density at radius 3 is 3.00 bits per heavy atom. The molecule has 0 atom stereocenters. The van der Waals surface area contributed by atoms with Gasteiger partial charge in [-0.2, -0.15) is 11.8 Å². The molecule has 1 aliphatic rings. The van der Waals surface area contributed by atoms with Crippen molar-refractivity contribution in [3.8, 4) is 0 Å². The normalized spacial score (nSPS) is 16.8. The van der Waals surface area contributed by atoms with Gasteiger partial charge in [-0.05, 0) is 11.7 Å². The molecule has 1 heterocycles. The number of aliphatic imine (C=N–C) groups is 1. The van der Waals surface area contributed by atoms with Crippen LogP contribution in [-0.4, -0.2) is 30.4 Å². The minimum atomic E-state index is 0.794. The molecule has 0 unspecified atom stereocenters. The van der Waals surface area contributed by atoms with E-state index in [2.05, 4.69) is 24.2 Å². The number of amidine groups is 1. The van der Waals surface area contributed by atoms with E-state index >= 15 is 0 Å². The van der Waals surface area contributed by atoms with Crippen LogP contribution < -0.4 is 5.32 Å². The van der Waals surface area contributed by atoms with Crippen molar-refractivity contribution < 1.29 is 0 Å². The molecule has 0 fully saturated rings. The van der Waals surface area contributed by atoms with Crippen molar-refractivity contribution in [2.75, 3.05) is 24.6 Å². The van der Waals surface area contributed by atoms with Gasteiger partial charge >= 0.3 is 0 Å². The molecule has 0 amide bonds. The number of rotatable bonds is 4. The first-order chi connectivity index (χ1) is 5.29. The Morgan fingerprint density at radius 2 is 2.45 bits per heavy atom. The molecule has 11 heavy (non-hydrogen) atoms. The predicted octanol–water partition coefficient (Wildman–Crippen LogP) is 1.38. The summed E-state index contributed by atoms with van der Waals surface area (Å²) >= 11 is 1.97. The summed E-state index contributed by atoms with van der Waals surface area (Å²) in [5.41, 5.74) is 0. The second-order valence-electron chi connectivity index (χ2n) is 3.16. The molecule has 1 N–H and O–H groups in total. The number of hydrogen-bond acceptors (Lipinski definition) is 3. The van der Waals surface area contributed by atoms with Crippen LogP contribution in [0.4, 0.5) is 0 Å². The number of nitrogens with one attached hydrogen (secondary N) is 1. The maximum absolute atomic E-state index is 4.32. The van der Waals surface area contributed by atoms with E-state index in [0.717, 1.165) is 24.8 Å². The van der Waals surface area contributed by atoms with Crippen molar-refractivity contribution in [3.05, 3.63) is 0 Å². The van der Waals surface area contributed by atoms with Gasteiger partial charge in [0.2, 0.25) is 0 Å². The number of nitrogens with zero attached hydrogens (tertiary/aromatic N) is 1. The van der Waals surface area contributed by atoms with Gasteiger partial charge in [0.05, 0.1) is 12.3 Å². The van der Waals surface area contributed by atoms with Gasteiger partial charge in [-0.15, -0.1) is 0 Å². The molecule has 0 spiro atoms. The third kappa shape index (κ3) is 3.65. The Bertz CT molecular complexity index is 143. The molecule has 0 bridgehead atoms. The SMILES string of the molecule is CC(C)CSCC1=NCCN1. The van der Waals surface area contributed by atoms with Crippen LogP contribution in [-0.2, 0) is 0 Å². The van der Waals surface area contributed by atoms with Crippen molar-refractivity contribution in [2.24, 2.45) is 10.9 Å². The molecular formula is C8H16N2S. The highest BCUT2D eigenvalue weighted by molar-refractivity contribution is 7.99. The monoisotopic (exact) mass is 172 g/mol. The molecule has 0 saturated heterocycles. The minimum absolute atomic E-state index is 0.794. The average Bonchev–Trinajstić information content (AvgIpc) is 2.39. The van der Waals surface area contributed by atoms with Gasteiger partial charge in [-0.1, -0.05) is 13.8 Å². The van der Waals surface area contributed by atoms with Gasteiger partial charge in [-0.25, -0.2) is 0 Å². The van der Waals surface area contributed by atoms with E-state index in [0.29, 0.717) is 0 Å². The van der Waals surface area contributed by atoms with E-state index in [1.807, 2.05) is 11.8 Å². The first-order valence-electron chi connectivity index (χ1n) is 4.14. The molecule has 0 aromatic heterocycles. The van der Waals surface area contributed by atoms with E-state index in [4.69, 9.17) is 0 Å². The Balaban J connectivity index is 2.03. The Labute approximate surface area is 72.9 Å². The summed E-state index contributed by atoms with van der Waals surface area (Å²) in [5.74, 6) is 4.29. The maximum Gasteiger partial charge on any atom is 0.106 e. The average molecular weight is 172 g/mol. The topological polar surface area (TPSA) is 24.4 Å². The Hall–Kier alpha value is -0.180. The Morgan fingerprint density at radius 1 is 1.64 bits per heavy atom. The highest BCUT2D eigenvalue weighted by atomic mass is 32.2. The quantitative estimate of drug-likeness (QED) is 0.693. The molecule has 1 rings (SSSR count). The zero-order chi connectivity index (χ0) is 8.10. The van der Waals surface area contributed by atoms with Crippen LogP contribution in [0.25, 0.3) is 0 Å². The number of hydrogen-bond donors (Lipinski definition) is 1. The first-order valence-corrected chi connectivity index (χ1v) is 5.29. The van der Waals surface area contributed by atoms with Crippen LogP contribution in [0, 0.1) is 5.92 Å². The lowest BCUT2D eigenvalue weighted by atomic mass is 10.3. The van der Waals surface area contributed by atoms with Crippen molar-refractivity contribution in [2.45, 2.75) is 13.8 Å². The molecule has 0 saturated carbocycles. The molecule has 1 aliphatic heterocycles. The van der Waals surface area contributed by atoms with Crippen LogP contribution in [0.2, 0.25) is 0 Å². The summed E-state index contributed by atoms with van der Waals surface area (Å²) in [4.78, 5) is 4.32. The summed E-state index contributed by atoms with van der Waals surface area (Å²) in [6.07, 6.45) is 0. The lowest BCUT2D eigenvalue weighted by Crippen LogP contribution is -2.20. The maximum atomic E-state index is 4.32. The Kier molecular flexibility index (Phi) is 3.77. The molecule has 0 radical (unpaired) electrons. The fraction of sp³-hybridized carbons (Fsp3) is 0.875. The van der Waals surface area contributed by atoms with Crippen LogP contribution in [0.3, 0.4) is 0 Å². The fourth-order valence-electron chi connectivity index (χ4n) is 0.935. The number of thioether (sulfide) groups is 1. The van der Waals surface area contributed by atoms with Gasteiger partial charge in [-0.3, -0.25) is 4.99 Å². The summed E-state index contributed by atoms with van der Waals surface area (Å²) in [6.45, 7) is 6.50. The molecule has 0 aromatic rings. The third-order valence-electron chi connectivity index (χ3n) is 1.43. The van der Waals surface area contributed by atoms with Crippen LogP contribution in [0.15, 0.2) is 4.99 Å². The standard InChI is InChI=1S/C8H16N2S/c1-7(2)5-11-6-8-9-3-4-10-8/h7H,3-6H2,1-2H3,(H,9,10). The van der Waals surface area contributed by atoms with Crippen molar-refractivity contribution in [3.63, 3.8) is 0 Å². The van der Waals surface area contributed by atoms with Gasteiger partial charge in [0.1, 0.15) is 5.84 Å². The van der Waals surface area contributed by atoms with Gasteiger partial charge in [0, 0.05) is 6.54 Å². The lowest BCUT2D eigenvalue weighted by molar-refractivity contribution is 0.751. The van der Waals surface area contributed by atoms with E-state index in [1.54, 1.807) is 0 Å². The first kappa shape index (κ1) is 8.91. The summed E-state index contributed by atoms with van der Waals surface area (Å²) < 4.78 is 0. The van der Waals surface area contributed by atoms with Crippen LogP contribution in [0.5, 0.6) is 0 Å². The van der Waals surface area contributed by atoms with Crippen molar-refractivity contribution in [1.29, 1.82) is 0 Å². The molecule has 3 heteroatoms. The van der Waals surface area contributed by atoms with Crippen molar-refractivity contribution >= 4 is 17.6 Å². The highest BCUT2D eigenvalue weighted by Gasteiger charge is 2.04. The van der Waals surface area contributed by atoms with E-state index in [-0.39, 0.29) is 0 Å². The summed E-state index contributed by atoms with van der Waals surface area (Å²) in [7, 11) is 0. The second-order valence-corrected chi connectivity index (χ2v) is 4.19. The largest absolute Gasteiger partial charge is 0.371 e. The third-order valence-corrected chi connectivity index (χ3v) is 2.81.